The third-order valence-corrected chi connectivity index (χ3v) is 2.56. The maximum absolute atomic E-state index is 10.7. The highest BCUT2D eigenvalue weighted by Crippen LogP contribution is 2.19. The van der Waals surface area contributed by atoms with Gasteiger partial charge in [0.25, 0.3) is 5.69 Å². The van der Waals surface area contributed by atoms with Crippen molar-refractivity contribution in [3.63, 3.8) is 0 Å². The molecule has 0 spiro atoms. The normalized spacial score (nSPS) is 12.5. The van der Waals surface area contributed by atoms with Crippen LogP contribution in [0, 0.1) is 16.0 Å². The zero-order chi connectivity index (χ0) is 12.8. The monoisotopic (exact) mass is 238 g/mol. The third kappa shape index (κ3) is 4.03. The SMILES string of the molecule is COCC(Nc1cccc([N+](=O)[O-])c1)C(C)C. The molecule has 0 saturated heterocycles. The Morgan fingerprint density at radius 3 is 2.71 bits per heavy atom. The van der Waals surface area contributed by atoms with Crippen molar-refractivity contribution >= 4 is 11.4 Å². The number of rotatable bonds is 6. The van der Waals surface area contributed by atoms with Crippen LogP contribution in [0.3, 0.4) is 0 Å². The Kier molecular flexibility index (Phi) is 4.90. The molecule has 0 saturated carbocycles. The fourth-order valence-electron chi connectivity index (χ4n) is 1.50. The number of hydrogen-bond acceptors (Lipinski definition) is 4. The lowest BCUT2D eigenvalue weighted by Crippen LogP contribution is -2.30. The van der Waals surface area contributed by atoms with Crippen LogP contribution in [0.15, 0.2) is 24.3 Å². The summed E-state index contributed by atoms with van der Waals surface area (Å²) in [4.78, 5) is 10.3. The number of nitro benzene ring substituents is 1. The molecule has 0 aliphatic carbocycles. The zero-order valence-corrected chi connectivity index (χ0v) is 10.3. The van der Waals surface area contributed by atoms with Gasteiger partial charge in [0, 0.05) is 24.9 Å². The smallest absolute Gasteiger partial charge is 0.271 e. The Morgan fingerprint density at radius 2 is 2.18 bits per heavy atom. The second-order valence-electron chi connectivity index (χ2n) is 4.26. The molecular weight excluding hydrogens is 220 g/mol. The first-order valence-electron chi connectivity index (χ1n) is 5.54. The van der Waals surface area contributed by atoms with Gasteiger partial charge < -0.3 is 10.1 Å². The van der Waals surface area contributed by atoms with Crippen LogP contribution in [0.5, 0.6) is 0 Å². The first-order valence-corrected chi connectivity index (χ1v) is 5.54. The van der Waals surface area contributed by atoms with Gasteiger partial charge >= 0.3 is 0 Å². The van der Waals surface area contributed by atoms with Crippen LogP contribution < -0.4 is 5.32 Å². The van der Waals surface area contributed by atoms with Crippen molar-refractivity contribution in [3.8, 4) is 0 Å². The number of hydrogen-bond donors (Lipinski definition) is 1. The topological polar surface area (TPSA) is 64.4 Å². The van der Waals surface area contributed by atoms with Gasteiger partial charge in [0.1, 0.15) is 0 Å². The second kappa shape index (κ2) is 6.20. The van der Waals surface area contributed by atoms with Crippen LogP contribution >= 0.6 is 0 Å². The Morgan fingerprint density at radius 1 is 1.47 bits per heavy atom. The molecule has 1 atom stereocenters. The number of methoxy groups -OCH3 is 1. The summed E-state index contributed by atoms with van der Waals surface area (Å²) in [5.74, 6) is 0.384. The van der Waals surface area contributed by atoms with Gasteiger partial charge in [-0.15, -0.1) is 0 Å². The van der Waals surface area contributed by atoms with Crippen LogP contribution in [0.4, 0.5) is 11.4 Å². The molecule has 0 aliphatic rings. The molecule has 1 N–H and O–H groups in total. The number of ether oxygens (including phenoxy) is 1. The fraction of sp³-hybridized carbons (Fsp3) is 0.500. The highest BCUT2D eigenvalue weighted by molar-refractivity contribution is 5.51. The minimum Gasteiger partial charge on any atom is -0.383 e. The van der Waals surface area contributed by atoms with E-state index in [-0.39, 0.29) is 11.7 Å². The van der Waals surface area contributed by atoms with Gasteiger partial charge in [-0.2, -0.15) is 0 Å². The molecule has 0 fully saturated rings. The van der Waals surface area contributed by atoms with Crippen molar-refractivity contribution in [3.05, 3.63) is 34.4 Å². The van der Waals surface area contributed by atoms with E-state index in [1.54, 1.807) is 13.2 Å². The molecule has 94 valence electrons. The van der Waals surface area contributed by atoms with Gasteiger partial charge in [0.15, 0.2) is 0 Å². The van der Waals surface area contributed by atoms with Gasteiger partial charge in [-0.3, -0.25) is 10.1 Å². The van der Waals surface area contributed by atoms with E-state index in [9.17, 15) is 10.1 Å². The molecular formula is C12H18N2O3. The van der Waals surface area contributed by atoms with Gasteiger partial charge in [0.05, 0.1) is 17.6 Å². The Balaban J connectivity index is 2.78. The highest BCUT2D eigenvalue weighted by Gasteiger charge is 2.14. The molecule has 0 aromatic heterocycles. The summed E-state index contributed by atoms with van der Waals surface area (Å²) in [5, 5.41) is 13.9. The first kappa shape index (κ1) is 13.4. The largest absolute Gasteiger partial charge is 0.383 e. The molecule has 1 aromatic rings. The average molecular weight is 238 g/mol. The summed E-state index contributed by atoms with van der Waals surface area (Å²) < 4.78 is 5.12. The lowest BCUT2D eigenvalue weighted by Gasteiger charge is -2.22. The molecule has 5 nitrogen and oxygen atoms in total. The van der Waals surface area contributed by atoms with Crippen molar-refractivity contribution in [2.24, 2.45) is 5.92 Å². The standard InChI is InChI=1S/C12H18N2O3/c1-9(2)12(8-17-3)13-10-5-4-6-11(7-10)14(15)16/h4-7,9,12-13H,8H2,1-3H3. The van der Waals surface area contributed by atoms with E-state index in [2.05, 4.69) is 19.2 Å². The van der Waals surface area contributed by atoms with Gasteiger partial charge in [-0.05, 0) is 12.0 Å². The van der Waals surface area contributed by atoms with E-state index < -0.39 is 4.92 Å². The van der Waals surface area contributed by atoms with Crippen LogP contribution in [0.2, 0.25) is 0 Å². The van der Waals surface area contributed by atoms with Crippen molar-refractivity contribution in [2.45, 2.75) is 19.9 Å². The number of nitrogens with zero attached hydrogens (tertiary/aromatic N) is 1. The quantitative estimate of drug-likeness (QED) is 0.611. The van der Waals surface area contributed by atoms with Crippen LogP contribution in [0.1, 0.15) is 13.8 Å². The minimum absolute atomic E-state index is 0.0925. The molecule has 5 heteroatoms. The molecule has 0 aliphatic heterocycles. The van der Waals surface area contributed by atoms with E-state index >= 15 is 0 Å². The molecule has 0 bridgehead atoms. The Bertz CT molecular complexity index is 380. The second-order valence-corrected chi connectivity index (χ2v) is 4.26. The summed E-state index contributed by atoms with van der Waals surface area (Å²) >= 11 is 0. The van der Waals surface area contributed by atoms with Crippen molar-refractivity contribution in [1.82, 2.24) is 0 Å². The molecule has 17 heavy (non-hydrogen) atoms. The van der Waals surface area contributed by atoms with Crippen LogP contribution in [0.25, 0.3) is 0 Å². The van der Waals surface area contributed by atoms with E-state index in [1.807, 2.05) is 6.07 Å². The van der Waals surface area contributed by atoms with Crippen molar-refractivity contribution < 1.29 is 9.66 Å². The molecule has 0 amide bonds. The van der Waals surface area contributed by atoms with E-state index in [0.29, 0.717) is 12.5 Å². The molecule has 1 rings (SSSR count). The summed E-state index contributed by atoms with van der Waals surface area (Å²) in [7, 11) is 1.64. The first-order chi connectivity index (χ1) is 8.04. The lowest BCUT2D eigenvalue weighted by molar-refractivity contribution is -0.384. The average Bonchev–Trinajstić information content (AvgIpc) is 2.28. The van der Waals surface area contributed by atoms with Crippen molar-refractivity contribution in [2.75, 3.05) is 19.0 Å². The van der Waals surface area contributed by atoms with Crippen LogP contribution in [-0.2, 0) is 4.74 Å². The number of anilines is 1. The summed E-state index contributed by atoms with van der Waals surface area (Å²) in [5.41, 5.74) is 0.838. The van der Waals surface area contributed by atoms with Gasteiger partial charge in [-0.25, -0.2) is 0 Å². The van der Waals surface area contributed by atoms with Gasteiger partial charge in [0.2, 0.25) is 0 Å². The Labute approximate surface area is 101 Å². The van der Waals surface area contributed by atoms with E-state index in [0.717, 1.165) is 5.69 Å². The third-order valence-electron chi connectivity index (χ3n) is 2.56. The number of nitro groups is 1. The van der Waals surface area contributed by atoms with E-state index in [1.165, 1.54) is 12.1 Å². The summed E-state index contributed by atoms with van der Waals surface area (Å²) in [6.45, 7) is 4.72. The molecule has 1 unspecified atom stereocenters. The number of benzene rings is 1. The zero-order valence-electron chi connectivity index (χ0n) is 10.3. The predicted molar refractivity (Wildman–Crippen MR) is 67.2 cm³/mol. The van der Waals surface area contributed by atoms with Crippen LogP contribution in [-0.4, -0.2) is 24.7 Å². The number of nitrogens with one attached hydrogen (secondary N) is 1. The molecule has 0 heterocycles. The predicted octanol–water partition coefficient (Wildman–Crippen LogP) is 2.68. The summed E-state index contributed by atoms with van der Waals surface area (Å²) in [6.07, 6.45) is 0. The van der Waals surface area contributed by atoms with Crippen molar-refractivity contribution in [1.29, 1.82) is 0 Å². The number of non-ortho nitro benzene ring substituents is 1. The van der Waals surface area contributed by atoms with Gasteiger partial charge in [-0.1, -0.05) is 19.9 Å². The lowest BCUT2D eigenvalue weighted by atomic mass is 10.1. The molecule has 0 radical (unpaired) electrons. The Hall–Kier alpha value is -1.62. The maximum Gasteiger partial charge on any atom is 0.271 e. The maximum atomic E-state index is 10.7. The highest BCUT2D eigenvalue weighted by atomic mass is 16.6. The molecule has 1 aromatic carbocycles. The minimum atomic E-state index is -0.397. The van der Waals surface area contributed by atoms with E-state index in [4.69, 9.17) is 4.74 Å². The summed E-state index contributed by atoms with van der Waals surface area (Å²) in [6, 6.07) is 6.64. The fourth-order valence-corrected chi connectivity index (χ4v) is 1.50.